The van der Waals surface area contributed by atoms with Crippen molar-refractivity contribution in [3.8, 4) is 11.3 Å². The highest BCUT2D eigenvalue weighted by Gasteiger charge is 2.18. The van der Waals surface area contributed by atoms with E-state index in [9.17, 15) is 0 Å². The number of halogens is 1. The molecule has 0 radical (unpaired) electrons. The van der Waals surface area contributed by atoms with Gasteiger partial charge in [0.2, 0.25) is 0 Å². The van der Waals surface area contributed by atoms with Crippen molar-refractivity contribution in [1.82, 2.24) is 19.9 Å². The van der Waals surface area contributed by atoms with Gasteiger partial charge in [-0.05, 0) is 38.0 Å². The summed E-state index contributed by atoms with van der Waals surface area (Å²) in [6.45, 7) is 10.7. The van der Waals surface area contributed by atoms with Crippen molar-refractivity contribution in [3.63, 3.8) is 0 Å². The molecule has 1 aromatic heterocycles. The summed E-state index contributed by atoms with van der Waals surface area (Å²) in [5.41, 5.74) is 5.85. The Morgan fingerprint density at radius 3 is 2.52 bits per heavy atom. The topological polar surface area (TPSA) is 37.2 Å². The van der Waals surface area contributed by atoms with Gasteiger partial charge in [0.15, 0.2) is 0 Å². The molecule has 3 aromatic rings. The molecule has 5 nitrogen and oxygen atoms in total. The Kier molecular flexibility index (Phi) is 6.16. The van der Waals surface area contributed by atoms with Gasteiger partial charge in [-0.25, -0.2) is 0 Å². The zero-order valence-electron chi connectivity index (χ0n) is 17.2. The fraction of sp³-hybridized carbons (Fsp3) is 0.391. The van der Waals surface area contributed by atoms with Gasteiger partial charge in [0.25, 0.3) is 0 Å². The van der Waals surface area contributed by atoms with Gasteiger partial charge < -0.3 is 4.90 Å². The van der Waals surface area contributed by atoms with Crippen LogP contribution in [0.5, 0.6) is 0 Å². The highest BCUT2D eigenvalue weighted by atomic mass is 35.5. The van der Waals surface area contributed by atoms with E-state index in [2.05, 4.69) is 52.2 Å². The first-order chi connectivity index (χ1) is 14.1. The Hall–Kier alpha value is -2.37. The minimum Gasteiger partial charge on any atom is -0.369 e. The van der Waals surface area contributed by atoms with Gasteiger partial charge in [0.05, 0.1) is 11.2 Å². The molecule has 2 aromatic carbocycles. The maximum atomic E-state index is 6.26. The number of piperazine rings is 1. The molecule has 4 rings (SSSR count). The van der Waals surface area contributed by atoms with E-state index in [4.69, 9.17) is 11.6 Å². The summed E-state index contributed by atoms with van der Waals surface area (Å²) in [6, 6.07) is 14.5. The molecule has 0 aliphatic carbocycles. The quantitative estimate of drug-likeness (QED) is 0.603. The Morgan fingerprint density at radius 2 is 1.76 bits per heavy atom. The molecule has 1 aliphatic heterocycles. The first kappa shape index (κ1) is 19.9. The van der Waals surface area contributed by atoms with Crippen molar-refractivity contribution >= 4 is 17.3 Å². The maximum Gasteiger partial charge on any atom is 0.114 e. The lowest BCUT2D eigenvalue weighted by atomic mass is 10.1. The van der Waals surface area contributed by atoms with Crippen molar-refractivity contribution in [2.45, 2.75) is 26.8 Å². The van der Waals surface area contributed by atoms with Crippen LogP contribution >= 0.6 is 11.6 Å². The van der Waals surface area contributed by atoms with Crippen LogP contribution in [0.15, 0.2) is 48.7 Å². The van der Waals surface area contributed by atoms with E-state index >= 15 is 0 Å². The normalized spacial score (nSPS) is 15.1. The van der Waals surface area contributed by atoms with Crippen molar-refractivity contribution < 1.29 is 0 Å². The Balaban J connectivity index is 1.25. The van der Waals surface area contributed by atoms with E-state index in [-0.39, 0.29) is 0 Å². The van der Waals surface area contributed by atoms with E-state index in [1.54, 1.807) is 0 Å². The van der Waals surface area contributed by atoms with E-state index in [1.807, 2.05) is 35.1 Å². The predicted molar refractivity (Wildman–Crippen MR) is 120 cm³/mol. The number of hydrogen-bond donors (Lipinski definition) is 0. The van der Waals surface area contributed by atoms with Crippen molar-refractivity contribution in [1.29, 1.82) is 0 Å². The van der Waals surface area contributed by atoms with Crippen LogP contribution in [0.4, 0.5) is 5.69 Å². The lowest BCUT2D eigenvalue weighted by Crippen LogP contribution is -2.47. The molecule has 0 amide bonds. The number of anilines is 1. The van der Waals surface area contributed by atoms with Crippen molar-refractivity contribution in [2.75, 3.05) is 37.6 Å². The lowest BCUT2D eigenvalue weighted by Gasteiger charge is -2.36. The fourth-order valence-electron chi connectivity index (χ4n) is 4.03. The SMILES string of the molecule is Cc1ccc(N2CCN(CCCn3cc(-c4ccccc4Cl)nn3)CC2)c(C)c1. The van der Waals surface area contributed by atoms with Crippen LogP contribution in [0.3, 0.4) is 0 Å². The van der Waals surface area contributed by atoms with Crippen LogP contribution in [0.1, 0.15) is 17.5 Å². The smallest absolute Gasteiger partial charge is 0.114 e. The van der Waals surface area contributed by atoms with Crippen LogP contribution in [0.2, 0.25) is 5.02 Å². The molecule has 0 unspecified atom stereocenters. The first-order valence-corrected chi connectivity index (χ1v) is 10.7. The number of rotatable bonds is 6. The second-order valence-electron chi connectivity index (χ2n) is 7.82. The third kappa shape index (κ3) is 4.80. The van der Waals surface area contributed by atoms with E-state index in [0.29, 0.717) is 5.02 Å². The van der Waals surface area contributed by atoms with E-state index < -0.39 is 0 Å². The van der Waals surface area contributed by atoms with Crippen LogP contribution in [-0.2, 0) is 6.54 Å². The number of aromatic nitrogens is 3. The second kappa shape index (κ2) is 8.97. The molecule has 0 atom stereocenters. The van der Waals surface area contributed by atoms with Gasteiger partial charge in [0.1, 0.15) is 5.69 Å². The summed E-state index contributed by atoms with van der Waals surface area (Å²) in [4.78, 5) is 5.06. The number of benzene rings is 2. The molecule has 0 bridgehead atoms. The standard InChI is InChI=1S/C23H28ClN5/c1-18-8-9-23(19(2)16-18)28-14-12-27(13-15-28)10-5-11-29-17-22(25-26-29)20-6-3-4-7-21(20)24/h3-4,6-9,16-17H,5,10-15H2,1-2H3. The van der Waals surface area contributed by atoms with Gasteiger partial charge >= 0.3 is 0 Å². The van der Waals surface area contributed by atoms with Crippen LogP contribution in [0, 0.1) is 13.8 Å². The largest absolute Gasteiger partial charge is 0.369 e. The molecule has 6 heteroatoms. The number of nitrogens with zero attached hydrogens (tertiary/aromatic N) is 5. The minimum atomic E-state index is 0.709. The van der Waals surface area contributed by atoms with Gasteiger partial charge in [-0.1, -0.05) is 52.7 Å². The average Bonchev–Trinajstić information content (AvgIpc) is 3.18. The Morgan fingerprint density at radius 1 is 0.966 bits per heavy atom. The molecular weight excluding hydrogens is 382 g/mol. The van der Waals surface area contributed by atoms with Gasteiger partial charge in [-0.2, -0.15) is 0 Å². The first-order valence-electron chi connectivity index (χ1n) is 10.3. The number of aryl methyl sites for hydroxylation is 3. The van der Waals surface area contributed by atoms with Gasteiger partial charge in [0, 0.05) is 50.5 Å². The van der Waals surface area contributed by atoms with Crippen LogP contribution in [-0.4, -0.2) is 52.6 Å². The fourth-order valence-corrected chi connectivity index (χ4v) is 4.26. The molecule has 0 N–H and O–H groups in total. The summed E-state index contributed by atoms with van der Waals surface area (Å²) in [7, 11) is 0. The third-order valence-electron chi connectivity index (χ3n) is 5.62. The summed E-state index contributed by atoms with van der Waals surface area (Å²) in [5.74, 6) is 0. The maximum absolute atomic E-state index is 6.26. The monoisotopic (exact) mass is 409 g/mol. The molecule has 0 spiro atoms. The summed E-state index contributed by atoms with van der Waals surface area (Å²) >= 11 is 6.26. The molecule has 152 valence electrons. The van der Waals surface area contributed by atoms with E-state index in [0.717, 1.165) is 56.9 Å². The van der Waals surface area contributed by atoms with Gasteiger partial charge in [-0.3, -0.25) is 9.58 Å². The second-order valence-corrected chi connectivity index (χ2v) is 8.23. The zero-order chi connectivity index (χ0) is 20.2. The Labute approximate surface area is 177 Å². The molecular formula is C23H28ClN5. The predicted octanol–water partition coefficient (Wildman–Crippen LogP) is 4.43. The molecule has 0 saturated carbocycles. The highest BCUT2D eigenvalue weighted by molar-refractivity contribution is 6.33. The average molecular weight is 410 g/mol. The Bertz CT molecular complexity index is 959. The van der Waals surface area contributed by atoms with E-state index in [1.165, 1.54) is 16.8 Å². The minimum absolute atomic E-state index is 0.709. The van der Waals surface area contributed by atoms with Crippen molar-refractivity contribution in [3.05, 3.63) is 64.8 Å². The van der Waals surface area contributed by atoms with Crippen molar-refractivity contribution in [2.24, 2.45) is 0 Å². The van der Waals surface area contributed by atoms with Gasteiger partial charge in [-0.15, -0.1) is 5.10 Å². The molecule has 1 fully saturated rings. The number of hydrogen-bond acceptors (Lipinski definition) is 4. The van der Waals surface area contributed by atoms with Crippen LogP contribution < -0.4 is 4.90 Å². The van der Waals surface area contributed by atoms with Crippen LogP contribution in [0.25, 0.3) is 11.3 Å². The summed E-state index contributed by atoms with van der Waals surface area (Å²) < 4.78 is 1.92. The third-order valence-corrected chi connectivity index (χ3v) is 5.94. The molecule has 29 heavy (non-hydrogen) atoms. The molecule has 2 heterocycles. The lowest BCUT2D eigenvalue weighted by molar-refractivity contribution is 0.248. The zero-order valence-corrected chi connectivity index (χ0v) is 17.9. The molecule has 1 aliphatic rings. The summed E-state index contributed by atoms with van der Waals surface area (Å²) in [5, 5.41) is 9.25. The molecule has 1 saturated heterocycles. The highest BCUT2D eigenvalue weighted by Crippen LogP contribution is 2.25. The summed E-state index contributed by atoms with van der Waals surface area (Å²) in [6.07, 6.45) is 3.05.